The van der Waals surface area contributed by atoms with Crippen molar-refractivity contribution in [2.24, 2.45) is 5.41 Å². The molecule has 1 saturated heterocycles. The van der Waals surface area contributed by atoms with Gasteiger partial charge in [0.05, 0.1) is 12.7 Å². The molecule has 0 aromatic rings. The average Bonchev–Trinajstić information content (AvgIpc) is 2.20. The minimum atomic E-state index is -0.188. The van der Waals surface area contributed by atoms with Crippen molar-refractivity contribution in [3.63, 3.8) is 0 Å². The van der Waals surface area contributed by atoms with E-state index >= 15 is 0 Å². The minimum Gasteiger partial charge on any atom is -0.347 e. The van der Waals surface area contributed by atoms with Gasteiger partial charge in [-0.15, -0.1) is 0 Å². The molecule has 10 heavy (non-hydrogen) atoms. The predicted octanol–water partition coefficient (Wildman–Crippen LogP) is 1.55. The summed E-state index contributed by atoms with van der Waals surface area (Å²) in [4.78, 5) is 0. The third kappa shape index (κ3) is 0.663. The molecule has 1 heterocycles. The van der Waals surface area contributed by atoms with Crippen molar-refractivity contribution in [2.45, 2.75) is 39.1 Å². The van der Waals surface area contributed by atoms with Crippen LogP contribution in [0.1, 0.15) is 27.2 Å². The van der Waals surface area contributed by atoms with Crippen molar-refractivity contribution in [3.8, 4) is 0 Å². The maximum atomic E-state index is 5.65. The SMILES string of the molecule is CC1COC2(CC2(C)C)O1. The molecule has 1 spiro atoms. The first kappa shape index (κ1) is 6.62. The van der Waals surface area contributed by atoms with Gasteiger partial charge in [-0.05, 0) is 6.92 Å². The molecule has 0 radical (unpaired) electrons. The lowest BCUT2D eigenvalue weighted by Crippen LogP contribution is -2.17. The Kier molecular flexibility index (Phi) is 1.03. The van der Waals surface area contributed by atoms with Gasteiger partial charge in [0.2, 0.25) is 0 Å². The van der Waals surface area contributed by atoms with Crippen LogP contribution in [0.25, 0.3) is 0 Å². The molecule has 0 bridgehead atoms. The zero-order chi connectivity index (χ0) is 7.41. The highest BCUT2D eigenvalue weighted by Crippen LogP contribution is 2.61. The van der Waals surface area contributed by atoms with Gasteiger partial charge in [-0.3, -0.25) is 0 Å². The molecule has 2 nitrogen and oxygen atoms in total. The third-order valence-corrected chi connectivity index (χ3v) is 2.52. The summed E-state index contributed by atoms with van der Waals surface area (Å²) in [7, 11) is 0. The summed E-state index contributed by atoms with van der Waals surface area (Å²) in [6.45, 7) is 7.20. The summed E-state index contributed by atoms with van der Waals surface area (Å²) in [6, 6.07) is 0. The van der Waals surface area contributed by atoms with Gasteiger partial charge in [0.1, 0.15) is 0 Å². The van der Waals surface area contributed by atoms with E-state index in [9.17, 15) is 0 Å². The normalized spacial score (nSPS) is 50.1. The van der Waals surface area contributed by atoms with Crippen LogP contribution < -0.4 is 0 Å². The third-order valence-electron chi connectivity index (χ3n) is 2.52. The van der Waals surface area contributed by atoms with E-state index in [1.165, 1.54) is 0 Å². The van der Waals surface area contributed by atoms with Gasteiger partial charge in [-0.1, -0.05) is 13.8 Å². The van der Waals surface area contributed by atoms with Crippen LogP contribution in [-0.2, 0) is 9.47 Å². The van der Waals surface area contributed by atoms with Gasteiger partial charge in [0.15, 0.2) is 5.79 Å². The number of ether oxygens (including phenoxy) is 2. The smallest absolute Gasteiger partial charge is 0.174 e. The Bertz CT molecular complexity index is 165. The van der Waals surface area contributed by atoms with Crippen LogP contribution in [0.15, 0.2) is 0 Å². The van der Waals surface area contributed by atoms with Gasteiger partial charge in [0.25, 0.3) is 0 Å². The molecule has 1 aliphatic carbocycles. The molecule has 0 aromatic carbocycles. The Morgan fingerprint density at radius 3 is 2.20 bits per heavy atom. The van der Waals surface area contributed by atoms with E-state index in [-0.39, 0.29) is 11.2 Å². The summed E-state index contributed by atoms with van der Waals surface area (Å²) < 4.78 is 11.2. The van der Waals surface area contributed by atoms with Crippen LogP contribution in [0.4, 0.5) is 0 Å². The Morgan fingerprint density at radius 1 is 1.40 bits per heavy atom. The highest BCUT2D eigenvalue weighted by atomic mass is 16.8. The van der Waals surface area contributed by atoms with Crippen molar-refractivity contribution in [1.29, 1.82) is 0 Å². The van der Waals surface area contributed by atoms with Crippen molar-refractivity contribution < 1.29 is 9.47 Å². The maximum absolute atomic E-state index is 5.65. The van der Waals surface area contributed by atoms with Crippen molar-refractivity contribution in [2.75, 3.05) is 6.61 Å². The van der Waals surface area contributed by atoms with Crippen molar-refractivity contribution >= 4 is 0 Å². The van der Waals surface area contributed by atoms with E-state index in [1.807, 2.05) is 0 Å². The highest BCUT2D eigenvalue weighted by molar-refractivity contribution is 5.08. The van der Waals surface area contributed by atoms with E-state index in [1.54, 1.807) is 0 Å². The lowest BCUT2D eigenvalue weighted by Gasteiger charge is -2.11. The molecule has 0 amide bonds. The number of hydrogen-bond acceptors (Lipinski definition) is 2. The summed E-state index contributed by atoms with van der Waals surface area (Å²) in [6.07, 6.45) is 1.35. The van der Waals surface area contributed by atoms with E-state index in [2.05, 4.69) is 20.8 Å². The van der Waals surface area contributed by atoms with Crippen LogP contribution >= 0.6 is 0 Å². The number of rotatable bonds is 0. The van der Waals surface area contributed by atoms with Crippen LogP contribution in [0.2, 0.25) is 0 Å². The topological polar surface area (TPSA) is 18.5 Å². The molecule has 2 fully saturated rings. The van der Waals surface area contributed by atoms with Gasteiger partial charge >= 0.3 is 0 Å². The average molecular weight is 142 g/mol. The van der Waals surface area contributed by atoms with Crippen LogP contribution in [0.5, 0.6) is 0 Å². The molecule has 2 heteroatoms. The zero-order valence-electron chi connectivity index (χ0n) is 6.81. The fourth-order valence-electron chi connectivity index (χ4n) is 1.63. The molecule has 2 unspecified atom stereocenters. The molecule has 2 rings (SSSR count). The Balaban J connectivity index is 2.09. The van der Waals surface area contributed by atoms with Gasteiger partial charge in [-0.25, -0.2) is 0 Å². The van der Waals surface area contributed by atoms with Gasteiger partial charge in [-0.2, -0.15) is 0 Å². The Morgan fingerprint density at radius 2 is 2.00 bits per heavy atom. The zero-order valence-corrected chi connectivity index (χ0v) is 6.81. The molecule has 0 N–H and O–H groups in total. The molecule has 2 atom stereocenters. The highest BCUT2D eigenvalue weighted by Gasteiger charge is 2.67. The first-order valence-corrected chi connectivity index (χ1v) is 3.88. The Hall–Kier alpha value is -0.0800. The fourth-order valence-corrected chi connectivity index (χ4v) is 1.63. The molecule has 58 valence electrons. The second-order valence-electron chi connectivity index (χ2n) is 4.05. The van der Waals surface area contributed by atoms with Crippen LogP contribution in [0.3, 0.4) is 0 Å². The first-order valence-electron chi connectivity index (χ1n) is 3.88. The quantitative estimate of drug-likeness (QED) is 0.511. The molecule has 2 aliphatic rings. The maximum Gasteiger partial charge on any atom is 0.174 e. The van der Waals surface area contributed by atoms with Crippen molar-refractivity contribution in [3.05, 3.63) is 0 Å². The summed E-state index contributed by atoms with van der Waals surface area (Å²) in [5.41, 5.74) is 0.262. The molecule has 1 saturated carbocycles. The van der Waals surface area contributed by atoms with Crippen molar-refractivity contribution in [1.82, 2.24) is 0 Å². The number of hydrogen-bond donors (Lipinski definition) is 0. The van der Waals surface area contributed by atoms with Gasteiger partial charge < -0.3 is 9.47 Å². The summed E-state index contributed by atoms with van der Waals surface area (Å²) in [5.74, 6) is -0.188. The largest absolute Gasteiger partial charge is 0.347 e. The predicted molar refractivity (Wildman–Crippen MR) is 37.6 cm³/mol. The minimum absolute atomic E-state index is 0.188. The first-order chi connectivity index (χ1) is 4.56. The monoisotopic (exact) mass is 142 g/mol. The fraction of sp³-hybridized carbons (Fsp3) is 1.00. The standard InChI is InChI=1S/C8H14O2/c1-6-4-9-8(10-6)5-7(8,2)3/h6H,4-5H2,1-3H3. The molecule has 0 aromatic heterocycles. The summed E-state index contributed by atoms with van der Waals surface area (Å²) >= 11 is 0. The second kappa shape index (κ2) is 1.56. The Labute approximate surface area is 61.5 Å². The second-order valence-corrected chi connectivity index (χ2v) is 4.05. The molecule has 1 aliphatic heterocycles. The van der Waals surface area contributed by atoms with E-state index in [4.69, 9.17) is 9.47 Å². The molecular weight excluding hydrogens is 128 g/mol. The lowest BCUT2D eigenvalue weighted by atomic mass is 10.2. The van der Waals surface area contributed by atoms with Crippen LogP contribution in [-0.4, -0.2) is 18.5 Å². The molecular formula is C8H14O2. The van der Waals surface area contributed by atoms with Crippen LogP contribution in [0, 0.1) is 5.41 Å². The van der Waals surface area contributed by atoms with E-state index in [0.29, 0.717) is 6.10 Å². The van der Waals surface area contributed by atoms with Gasteiger partial charge in [0, 0.05) is 11.8 Å². The van der Waals surface area contributed by atoms with E-state index in [0.717, 1.165) is 13.0 Å². The van der Waals surface area contributed by atoms with E-state index < -0.39 is 0 Å². The lowest BCUT2D eigenvalue weighted by molar-refractivity contribution is -0.107. The summed E-state index contributed by atoms with van der Waals surface area (Å²) in [5, 5.41) is 0.